The highest BCUT2D eigenvalue weighted by atomic mass is 19.4. The number of fused-ring (bicyclic) bond motifs is 1. The zero-order chi connectivity index (χ0) is 14.0. The van der Waals surface area contributed by atoms with Gasteiger partial charge in [-0.2, -0.15) is 18.4 Å². The lowest BCUT2D eigenvalue weighted by atomic mass is 10.0. The first-order valence-electron chi connectivity index (χ1n) is 5.24. The molecule has 0 heterocycles. The molecule has 0 atom stereocenters. The molecule has 0 saturated heterocycles. The Morgan fingerprint density at radius 3 is 2.63 bits per heavy atom. The molecule has 0 fully saturated rings. The minimum absolute atomic E-state index is 0.261. The summed E-state index contributed by atoms with van der Waals surface area (Å²) in [5.74, 6) is 0. The number of ether oxygens (including phenoxy) is 1. The van der Waals surface area contributed by atoms with Crippen LogP contribution in [0.15, 0.2) is 30.5 Å². The van der Waals surface area contributed by atoms with E-state index in [1.54, 1.807) is 0 Å². The SMILES string of the molecule is N#CC1=C/C(=C\OCO)c2cc(C(F)(F)F)ccc21. The van der Waals surface area contributed by atoms with Crippen molar-refractivity contribution < 1.29 is 23.0 Å². The van der Waals surface area contributed by atoms with E-state index in [0.29, 0.717) is 11.1 Å². The summed E-state index contributed by atoms with van der Waals surface area (Å²) < 4.78 is 42.6. The molecular formula is C13H8F3NO2. The number of allylic oxidation sites excluding steroid dienone is 3. The van der Waals surface area contributed by atoms with Crippen LogP contribution in [0.5, 0.6) is 0 Å². The number of aliphatic hydroxyl groups excluding tert-OH is 1. The number of benzene rings is 1. The maximum absolute atomic E-state index is 12.6. The van der Waals surface area contributed by atoms with Crippen LogP contribution in [-0.4, -0.2) is 11.9 Å². The summed E-state index contributed by atoms with van der Waals surface area (Å²) in [4.78, 5) is 0. The summed E-state index contributed by atoms with van der Waals surface area (Å²) in [7, 11) is 0. The number of nitriles is 1. The van der Waals surface area contributed by atoms with Crippen molar-refractivity contribution in [3.63, 3.8) is 0 Å². The van der Waals surface area contributed by atoms with Gasteiger partial charge in [-0.05, 0) is 23.8 Å². The van der Waals surface area contributed by atoms with Gasteiger partial charge in [0.15, 0.2) is 6.79 Å². The van der Waals surface area contributed by atoms with Crippen LogP contribution in [-0.2, 0) is 10.9 Å². The summed E-state index contributed by atoms with van der Waals surface area (Å²) in [6.07, 6.45) is -1.91. The monoisotopic (exact) mass is 267 g/mol. The fourth-order valence-electron chi connectivity index (χ4n) is 1.82. The maximum Gasteiger partial charge on any atom is 0.416 e. The van der Waals surface area contributed by atoms with Gasteiger partial charge < -0.3 is 9.84 Å². The van der Waals surface area contributed by atoms with Crippen molar-refractivity contribution >= 4 is 11.1 Å². The molecule has 1 N–H and O–H groups in total. The van der Waals surface area contributed by atoms with E-state index >= 15 is 0 Å². The molecule has 0 aliphatic heterocycles. The van der Waals surface area contributed by atoms with Crippen LogP contribution in [0, 0.1) is 11.3 Å². The maximum atomic E-state index is 12.6. The Morgan fingerprint density at radius 2 is 2.05 bits per heavy atom. The van der Waals surface area contributed by atoms with Crippen LogP contribution in [0.4, 0.5) is 13.2 Å². The molecule has 0 aromatic heterocycles. The van der Waals surface area contributed by atoms with Crippen molar-refractivity contribution in [2.24, 2.45) is 0 Å². The third kappa shape index (κ3) is 2.46. The number of rotatable bonds is 2. The number of nitrogens with zero attached hydrogens (tertiary/aromatic N) is 1. The van der Waals surface area contributed by atoms with E-state index < -0.39 is 18.5 Å². The molecule has 0 amide bonds. The van der Waals surface area contributed by atoms with Gasteiger partial charge >= 0.3 is 6.18 Å². The molecule has 2 rings (SSSR count). The van der Waals surface area contributed by atoms with Crippen LogP contribution in [0.3, 0.4) is 0 Å². The minimum Gasteiger partial charge on any atom is -0.475 e. The van der Waals surface area contributed by atoms with Gasteiger partial charge in [-0.1, -0.05) is 6.07 Å². The molecule has 0 spiro atoms. The van der Waals surface area contributed by atoms with E-state index in [1.165, 1.54) is 12.1 Å². The summed E-state index contributed by atoms with van der Waals surface area (Å²) in [5.41, 5.74) is 0.472. The Bertz CT molecular complexity index is 609. The average Bonchev–Trinajstić information content (AvgIpc) is 2.72. The van der Waals surface area contributed by atoms with Gasteiger partial charge in [-0.3, -0.25) is 0 Å². The molecule has 1 aromatic rings. The zero-order valence-electron chi connectivity index (χ0n) is 9.53. The second kappa shape index (κ2) is 4.78. The van der Waals surface area contributed by atoms with E-state index in [-0.39, 0.29) is 11.1 Å². The van der Waals surface area contributed by atoms with Crippen molar-refractivity contribution in [3.8, 4) is 6.07 Å². The van der Waals surface area contributed by atoms with Crippen LogP contribution in [0.1, 0.15) is 16.7 Å². The van der Waals surface area contributed by atoms with Crippen LogP contribution in [0.2, 0.25) is 0 Å². The molecule has 0 bridgehead atoms. The predicted octanol–water partition coefficient (Wildman–Crippen LogP) is 2.93. The van der Waals surface area contributed by atoms with E-state index in [1.807, 2.05) is 6.07 Å². The molecule has 19 heavy (non-hydrogen) atoms. The molecule has 1 aromatic carbocycles. The highest BCUT2D eigenvalue weighted by molar-refractivity contribution is 5.99. The molecule has 1 aliphatic carbocycles. The topological polar surface area (TPSA) is 53.2 Å². The van der Waals surface area contributed by atoms with E-state index in [0.717, 1.165) is 18.4 Å². The van der Waals surface area contributed by atoms with Crippen LogP contribution < -0.4 is 0 Å². The Morgan fingerprint density at radius 1 is 1.32 bits per heavy atom. The molecule has 0 radical (unpaired) electrons. The van der Waals surface area contributed by atoms with Crippen molar-refractivity contribution in [1.82, 2.24) is 0 Å². The second-order valence-corrected chi connectivity index (χ2v) is 3.80. The molecule has 1 aliphatic rings. The summed E-state index contributed by atoms with van der Waals surface area (Å²) in [5, 5.41) is 17.5. The second-order valence-electron chi connectivity index (χ2n) is 3.80. The highest BCUT2D eigenvalue weighted by Gasteiger charge is 2.32. The molecule has 3 nitrogen and oxygen atoms in total. The average molecular weight is 267 g/mol. The van der Waals surface area contributed by atoms with Crippen molar-refractivity contribution in [2.75, 3.05) is 6.79 Å². The van der Waals surface area contributed by atoms with Gasteiger partial charge in [0, 0.05) is 11.1 Å². The fraction of sp³-hybridized carbons (Fsp3) is 0.154. The van der Waals surface area contributed by atoms with Crippen molar-refractivity contribution in [2.45, 2.75) is 6.18 Å². The van der Waals surface area contributed by atoms with Gasteiger partial charge in [0.05, 0.1) is 23.5 Å². The summed E-state index contributed by atoms with van der Waals surface area (Å²) >= 11 is 0. The van der Waals surface area contributed by atoms with Crippen molar-refractivity contribution in [1.29, 1.82) is 5.26 Å². The smallest absolute Gasteiger partial charge is 0.416 e. The lowest BCUT2D eigenvalue weighted by molar-refractivity contribution is -0.137. The number of alkyl halides is 3. The first-order chi connectivity index (χ1) is 8.97. The van der Waals surface area contributed by atoms with E-state index in [4.69, 9.17) is 10.4 Å². The molecule has 0 saturated carbocycles. The summed E-state index contributed by atoms with van der Waals surface area (Å²) in [6.45, 7) is -0.590. The Balaban J connectivity index is 2.53. The van der Waals surface area contributed by atoms with Gasteiger partial charge in [0.2, 0.25) is 0 Å². The van der Waals surface area contributed by atoms with Gasteiger partial charge in [0.1, 0.15) is 0 Å². The number of aliphatic hydroxyl groups is 1. The standard InChI is InChI=1S/C13H8F3NO2/c14-13(15,16)10-1-2-11-8(5-17)3-9(6-19-7-18)12(11)4-10/h1-4,6,18H,7H2/b9-6+. The van der Waals surface area contributed by atoms with Gasteiger partial charge in [0.25, 0.3) is 0 Å². The Hall–Kier alpha value is -2.26. The Kier molecular flexibility index (Phi) is 3.32. The quantitative estimate of drug-likeness (QED) is 0.662. The normalized spacial score (nSPS) is 15.9. The largest absolute Gasteiger partial charge is 0.475 e. The molecule has 98 valence electrons. The predicted molar refractivity (Wildman–Crippen MR) is 61.2 cm³/mol. The van der Waals surface area contributed by atoms with Gasteiger partial charge in [-0.25, -0.2) is 0 Å². The number of hydrogen-bond acceptors (Lipinski definition) is 3. The molecule has 6 heteroatoms. The third-order valence-corrected chi connectivity index (χ3v) is 2.65. The van der Waals surface area contributed by atoms with E-state index in [2.05, 4.69) is 4.74 Å². The third-order valence-electron chi connectivity index (χ3n) is 2.65. The van der Waals surface area contributed by atoms with Gasteiger partial charge in [-0.15, -0.1) is 0 Å². The Labute approximate surface area is 106 Å². The zero-order valence-corrected chi connectivity index (χ0v) is 9.53. The number of halogens is 3. The molecular weight excluding hydrogens is 259 g/mol. The molecule has 0 unspecified atom stereocenters. The van der Waals surface area contributed by atoms with Crippen LogP contribution >= 0.6 is 0 Å². The first kappa shape index (κ1) is 13.2. The lowest BCUT2D eigenvalue weighted by Crippen LogP contribution is -2.05. The minimum atomic E-state index is -4.45. The first-order valence-corrected chi connectivity index (χ1v) is 5.24. The highest BCUT2D eigenvalue weighted by Crippen LogP contribution is 2.39. The fourth-order valence-corrected chi connectivity index (χ4v) is 1.82. The van der Waals surface area contributed by atoms with Crippen molar-refractivity contribution in [3.05, 3.63) is 47.2 Å². The van der Waals surface area contributed by atoms with Crippen LogP contribution in [0.25, 0.3) is 11.1 Å². The summed E-state index contributed by atoms with van der Waals surface area (Å²) in [6, 6.07) is 5.05. The number of hydrogen-bond donors (Lipinski definition) is 1. The lowest BCUT2D eigenvalue weighted by Gasteiger charge is -2.09. The van der Waals surface area contributed by atoms with E-state index in [9.17, 15) is 13.2 Å².